The number of carbonyl (C=O) groups is 1. The van der Waals surface area contributed by atoms with Gasteiger partial charge in [-0.3, -0.25) is 4.79 Å². The molecule has 0 radical (unpaired) electrons. The first kappa shape index (κ1) is 16.6. The minimum atomic E-state index is -0.516. The van der Waals surface area contributed by atoms with Crippen LogP contribution >= 0.6 is 11.6 Å². The third kappa shape index (κ3) is 3.99. The predicted molar refractivity (Wildman–Crippen MR) is 87.4 cm³/mol. The molecule has 0 unspecified atom stereocenters. The SMILES string of the molecule is C[C@@H]1C[C@@H]2OC(=O)C[C@@H]2[C@H]1CC[C@@H](O)COc1cccc(Cl)c1. The summed E-state index contributed by atoms with van der Waals surface area (Å²) in [6.07, 6.45) is 2.65. The normalized spacial score (nSPS) is 30.8. The number of fused-ring (bicyclic) bond motifs is 1. The Bertz CT molecular complexity index is 562. The fourth-order valence-electron chi connectivity index (χ4n) is 3.96. The minimum absolute atomic E-state index is 0.0678. The molecule has 2 aliphatic rings. The first-order chi connectivity index (χ1) is 11.0. The highest BCUT2D eigenvalue weighted by Gasteiger charge is 2.47. The van der Waals surface area contributed by atoms with Crippen molar-refractivity contribution in [2.45, 2.75) is 44.8 Å². The van der Waals surface area contributed by atoms with Gasteiger partial charge in [-0.1, -0.05) is 24.6 Å². The Morgan fingerprint density at radius 3 is 3.09 bits per heavy atom. The molecule has 1 saturated heterocycles. The van der Waals surface area contributed by atoms with Crippen molar-refractivity contribution in [1.82, 2.24) is 0 Å². The van der Waals surface area contributed by atoms with Crippen LogP contribution in [0.4, 0.5) is 0 Å². The molecule has 0 bridgehead atoms. The van der Waals surface area contributed by atoms with Gasteiger partial charge in [0.2, 0.25) is 0 Å². The van der Waals surface area contributed by atoms with Crippen LogP contribution in [-0.2, 0) is 9.53 Å². The van der Waals surface area contributed by atoms with Gasteiger partial charge in [0.05, 0.1) is 12.5 Å². The largest absolute Gasteiger partial charge is 0.491 e. The van der Waals surface area contributed by atoms with Crippen LogP contribution in [0.1, 0.15) is 32.6 Å². The van der Waals surface area contributed by atoms with Crippen molar-refractivity contribution in [2.24, 2.45) is 17.8 Å². The van der Waals surface area contributed by atoms with Crippen molar-refractivity contribution >= 4 is 17.6 Å². The summed E-state index contributed by atoms with van der Waals surface area (Å²) in [5.41, 5.74) is 0. The monoisotopic (exact) mass is 338 g/mol. The predicted octanol–water partition coefficient (Wildman–Crippen LogP) is 3.45. The summed E-state index contributed by atoms with van der Waals surface area (Å²) in [7, 11) is 0. The fraction of sp³-hybridized carbons (Fsp3) is 0.611. The first-order valence-electron chi connectivity index (χ1n) is 8.29. The Kier molecular flexibility index (Phi) is 5.12. The lowest BCUT2D eigenvalue weighted by Gasteiger charge is -2.21. The minimum Gasteiger partial charge on any atom is -0.491 e. The number of aliphatic hydroxyl groups is 1. The van der Waals surface area contributed by atoms with E-state index < -0.39 is 6.10 Å². The maximum atomic E-state index is 11.4. The maximum Gasteiger partial charge on any atom is 0.306 e. The van der Waals surface area contributed by atoms with Gasteiger partial charge >= 0.3 is 5.97 Å². The Morgan fingerprint density at radius 2 is 2.30 bits per heavy atom. The van der Waals surface area contributed by atoms with Gasteiger partial charge in [-0.05, 0) is 49.3 Å². The highest BCUT2D eigenvalue weighted by molar-refractivity contribution is 6.30. The van der Waals surface area contributed by atoms with Crippen LogP contribution in [0.2, 0.25) is 5.02 Å². The Morgan fingerprint density at radius 1 is 1.48 bits per heavy atom. The van der Waals surface area contributed by atoms with E-state index in [1.807, 2.05) is 12.1 Å². The standard InChI is InChI=1S/C18H23ClO4/c1-11-7-17-16(9-18(21)23-17)15(11)6-5-13(20)10-22-14-4-2-3-12(19)8-14/h2-4,8,11,13,15-17,20H,5-7,9-10H2,1H3/t11-,13-,15+,16-,17+/m1/s1. The van der Waals surface area contributed by atoms with Crippen LogP contribution in [0.15, 0.2) is 24.3 Å². The molecular formula is C18H23ClO4. The molecule has 2 fully saturated rings. The van der Waals surface area contributed by atoms with Gasteiger partial charge in [-0.2, -0.15) is 0 Å². The van der Waals surface area contributed by atoms with Gasteiger partial charge in [0.15, 0.2) is 0 Å². The van der Waals surface area contributed by atoms with Crippen LogP contribution in [0.25, 0.3) is 0 Å². The van der Waals surface area contributed by atoms with E-state index in [0.29, 0.717) is 41.4 Å². The van der Waals surface area contributed by atoms with Crippen molar-refractivity contribution in [3.8, 4) is 5.75 Å². The lowest BCUT2D eigenvalue weighted by molar-refractivity contribution is -0.141. The highest BCUT2D eigenvalue weighted by atomic mass is 35.5. The summed E-state index contributed by atoms with van der Waals surface area (Å²) in [5.74, 6) is 1.92. The van der Waals surface area contributed by atoms with E-state index in [-0.39, 0.29) is 18.7 Å². The van der Waals surface area contributed by atoms with E-state index in [9.17, 15) is 9.90 Å². The Balaban J connectivity index is 1.45. The number of rotatable bonds is 6. The molecule has 3 rings (SSSR count). The van der Waals surface area contributed by atoms with Crippen LogP contribution in [-0.4, -0.2) is 29.9 Å². The van der Waals surface area contributed by atoms with Crippen molar-refractivity contribution in [3.05, 3.63) is 29.3 Å². The van der Waals surface area contributed by atoms with E-state index >= 15 is 0 Å². The molecular weight excluding hydrogens is 316 g/mol. The average molecular weight is 339 g/mol. The second-order valence-corrected chi connectivity index (χ2v) is 7.21. The van der Waals surface area contributed by atoms with Gasteiger partial charge in [-0.15, -0.1) is 0 Å². The topological polar surface area (TPSA) is 55.8 Å². The highest BCUT2D eigenvalue weighted by Crippen LogP contribution is 2.46. The number of hydrogen-bond acceptors (Lipinski definition) is 4. The molecule has 5 atom stereocenters. The molecule has 1 aliphatic heterocycles. The summed E-state index contributed by atoms with van der Waals surface area (Å²) >= 11 is 5.90. The molecule has 126 valence electrons. The van der Waals surface area contributed by atoms with E-state index in [1.54, 1.807) is 12.1 Å². The van der Waals surface area contributed by atoms with Crippen LogP contribution in [0, 0.1) is 17.8 Å². The third-order valence-corrected chi connectivity index (χ3v) is 5.35. The van der Waals surface area contributed by atoms with Crippen molar-refractivity contribution in [3.63, 3.8) is 0 Å². The number of ether oxygens (including phenoxy) is 2. The number of hydrogen-bond donors (Lipinski definition) is 1. The Hall–Kier alpha value is -1.26. The molecule has 1 aliphatic carbocycles. The maximum absolute atomic E-state index is 11.4. The number of aliphatic hydroxyl groups excluding tert-OH is 1. The first-order valence-corrected chi connectivity index (χ1v) is 8.66. The summed E-state index contributed by atoms with van der Waals surface area (Å²) in [6.45, 7) is 2.47. The lowest BCUT2D eigenvalue weighted by Crippen LogP contribution is -2.22. The number of esters is 1. The van der Waals surface area contributed by atoms with E-state index in [2.05, 4.69) is 6.92 Å². The van der Waals surface area contributed by atoms with Crippen LogP contribution in [0.3, 0.4) is 0 Å². The number of benzene rings is 1. The van der Waals surface area contributed by atoms with Crippen LogP contribution in [0.5, 0.6) is 5.75 Å². The number of halogens is 1. The third-order valence-electron chi connectivity index (χ3n) is 5.12. The lowest BCUT2D eigenvalue weighted by atomic mass is 9.84. The quantitative estimate of drug-likeness (QED) is 0.807. The van der Waals surface area contributed by atoms with Crippen molar-refractivity contribution in [2.75, 3.05) is 6.61 Å². The van der Waals surface area contributed by atoms with Gasteiger partial charge in [-0.25, -0.2) is 0 Å². The zero-order valence-electron chi connectivity index (χ0n) is 13.3. The second-order valence-electron chi connectivity index (χ2n) is 6.77. The summed E-state index contributed by atoms with van der Waals surface area (Å²) in [5, 5.41) is 10.8. The second kappa shape index (κ2) is 7.10. The number of carbonyl (C=O) groups excluding carboxylic acids is 1. The zero-order valence-corrected chi connectivity index (χ0v) is 14.0. The van der Waals surface area contributed by atoms with Gasteiger partial charge < -0.3 is 14.6 Å². The van der Waals surface area contributed by atoms with E-state index in [4.69, 9.17) is 21.1 Å². The molecule has 1 heterocycles. The van der Waals surface area contributed by atoms with Gasteiger partial charge in [0, 0.05) is 10.9 Å². The molecule has 1 N–H and O–H groups in total. The Labute approximate surface area is 141 Å². The smallest absolute Gasteiger partial charge is 0.306 e. The molecule has 1 aromatic rings. The van der Waals surface area contributed by atoms with E-state index in [0.717, 1.165) is 12.8 Å². The molecule has 5 heteroatoms. The summed E-state index contributed by atoms with van der Waals surface area (Å²) in [4.78, 5) is 11.4. The molecule has 0 amide bonds. The summed E-state index contributed by atoms with van der Waals surface area (Å²) < 4.78 is 11.0. The van der Waals surface area contributed by atoms with Gasteiger partial charge in [0.1, 0.15) is 18.5 Å². The molecule has 1 aromatic carbocycles. The van der Waals surface area contributed by atoms with Crippen molar-refractivity contribution < 1.29 is 19.4 Å². The molecule has 4 nitrogen and oxygen atoms in total. The van der Waals surface area contributed by atoms with Gasteiger partial charge in [0.25, 0.3) is 0 Å². The van der Waals surface area contributed by atoms with E-state index in [1.165, 1.54) is 0 Å². The molecule has 0 aromatic heterocycles. The molecule has 0 spiro atoms. The van der Waals surface area contributed by atoms with Crippen molar-refractivity contribution in [1.29, 1.82) is 0 Å². The summed E-state index contributed by atoms with van der Waals surface area (Å²) in [6, 6.07) is 7.17. The molecule has 1 saturated carbocycles. The average Bonchev–Trinajstić information content (AvgIpc) is 2.98. The molecule has 23 heavy (non-hydrogen) atoms. The fourth-order valence-corrected chi connectivity index (χ4v) is 4.14. The van der Waals surface area contributed by atoms with Crippen LogP contribution < -0.4 is 4.74 Å². The zero-order chi connectivity index (χ0) is 16.4.